The van der Waals surface area contributed by atoms with Gasteiger partial charge in [-0.25, -0.2) is 4.39 Å². The Hall–Kier alpha value is -2.82. The lowest BCUT2D eigenvalue weighted by Gasteiger charge is -2.18. The van der Waals surface area contributed by atoms with Gasteiger partial charge in [-0.2, -0.15) is 0 Å². The molecule has 1 amide bonds. The molecule has 3 aromatic carbocycles. The number of amides is 1. The van der Waals surface area contributed by atoms with E-state index in [-0.39, 0.29) is 24.1 Å². The summed E-state index contributed by atoms with van der Waals surface area (Å²) in [5, 5.41) is 5.04. The molecule has 1 heterocycles. The van der Waals surface area contributed by atoms with Crippen LogP contribution in [0.5, 0.6) is 0 Å². The molecule has 0 aliphatic carbocycles. The molecule has 0 aliphatic heterocycles. The third kappa shape index (κ3) is 5.63. The van der Waals surface area contributed by atoms with Crippen molar-refractivity contribution in [1.82, 2.24) is 9.88 Å². The number of benzene rings is 3. The zero-order chi connectivity index (χ0) is 24.2. The molecule has 0 fully saturated rings. The number of nitrogens with one attached hydrogen (secondary N) is 1. The summed E-state index contributed by atoms with van der Waals surface area (Å²) in [7, 11) is 0. The number of rotatable bonds is 8. The Kier molecular flexibility index (Phi) is 7.60. The van der Waals surface area contributed by atoms with E-state index in [1.807, 2.05) is 24.3 Å². The first-order chi connectivity index (χ1) is 16.3. The zero-order valence-corrected chi connectivity index (χ0v) is 20.7. The van der Waals surface area contributed by atoms with Crippen molar-refractivity contribution in [2.24, 2.45) is 5.92 Å². The van der Waals surface area contributed by atoms with Crippen molar-refractivity contribution in [3.05, 3.63) is 105 Å². The minimum Gasteiger partial charge on any atom is -0.356 e. The van der Waals surface area contributed by atoms with Crippen molar-refractivity contribution in [1.29, 1.82) is 0 Å². The standard InChI is InChI=1S/C28H27Cl2FN2O/c1-18(2)15-32-28(34)14-23(20-9-12-25(29)26(30)13-20)24-17-33(27-6-4-3-5-22(24)27)16-19-7-10-21(31)11-8-19/h3-13,17-18,23H,14-16H2,1-2H3,(H,32,34)/t23-/m0/s1. The van der Waals surface area contributed by atoms with Gasteiger partial charge in [-0.05, 0) is 52.9 Å². The lowest BCUT2D eigenvalue weighted by molar-refractivity contribution is -0.121. The molecule has 0 spiro atoms. The second-order valence-corrected chi connectivity index (χ2v) is 9.80. The summed E-state index contributed by atoms with van der Waals surface area (Å²) in [6.07, 6.45) is 2.38. The maximum Gasteiger partial charge on any atom is 0.220 e. The molecular formula is C28H27Cl2FN2O. The van der Waals surface area contributed by atoms with E-state index in [4.69, 9.17) is 23.2 Å². The van der Waals surface area contributed by atoms with Crippen molar-refractivity contribution in [2.45, 2.75) is 32.7 Å². The van der Waals surface area contributed by atoms with Crippen LogP contribution in [-0.4, -0.2) is 17.0 Å². The van der Waals surface area contributed by atoms with E-state index in [1.54, 1.807) is 18.2 Å². The van der Waals surface area contributed by atoms with E-state index >= 15 is 0 Å². The molecule has 0 bridgehead atoms. The van der Waals surface area contributed by atoms with E-state index in [0.29, 0.717) is 29.1 Å². The average Bonchev–Trinajstić information content (AvgIpc) is 3.17. The summed E-state index contributed by atoms with van der Waals surface area (Å²) in [6, 6.07) is 20.2. The van der Waals surface area contributed by atoms with Gasteiger partial charge in [0.15, 0.2) is 0 Å². The van der Waals surface area contributed by atoms with Crippen molar-refractivity contribution < 1.29 is 9.18 Å². The fourth-order valence-electron chi connectivity index (χ4n) is 4.18. The summed E-state index contributed by atoms with van der Waals surface area (Å²) in [5.41, 5.74) is 4.01. The highest BCUT2D eigenvalue weighted by molar-refractivity contribution is 6.42. The number of halogens is 3. The second kappa shape index (κ2) is 10.6. The van der Waals surface area contributed by atoms with Crippen LogP contribution >= 0.6 is 23.2 Å². The van der Waals surface area contributed by atoms with Crippen molar-refractivity contribution in [3.8, 4) is 0 Å². The Morgan fingerprint density at radius 3 is 2.44 bits per heavy atom. The molecule has 34 heavy (non-hydrogen) atoms. The number of nitrogens with zero attached hydrogens (tertiary/aromatic N) is 1. The molecule has 0 aliphatic rings. The topological polar surface area (TPSA) is 34.0 Å². The van der Waals surface area contributed by atoms with Gasteiger partial charge >= 0.3 is 0 Å². The molecular weight excluding hydrogens is 470 g/mol. The number of fused-ring (bicyclic) bond motifs is 1. The quantitative estimate of drug-likeness (QED) is 0.270. The van der Waals surface area contributed by atoms with Gasteiger partial charge in [0.2, 0.25) is 5.91 Å². The van der Waals surface area contributed by atoms with Gasteiger partial charge in [0.1, 0.15) is 5.82 Å². The van der Waals surface area contributed by atoms with Gasteiger partial charge < -0.3 is 9.88 Å². The Morgan fingerprint density at radius 1 is 1.00 bits per heavy atom. The molecule has 1 aromatic heterocycles. The lowest BCUT2D eigenvalue weighted by Crippen LogP contribution is -2.28. The number of hydrogen-bond donors (Lipinski definition) is 1. The lowest BCUT2D eigenvalue weighted by atomic mass is 9.88. The van der Waals surface area contributed by atoms with Crippen molar-refractivity contribution >= 4 is 40.0 Å². The first-order valence-corrected chi connectivity index (χ1v) is 12.1. The summed E-state index contributed by atoms with van der Waals surface area (Å²) >= 11 is 12.5. The Morgan fingerprint density at radius 2 is 1.74 bits per heavy atom. The van der Waals surface area contributed by atoms with Crippen LogP contribution in [0.15, 0.2) is 72.9 Å². The van der Waals surface area contributed by atoms with Crippen LogP contribution in [0.3, 0.4) is 0 Å². The Labute approximate surface area is 209 Å². The SMILES string of the molecule is CC(C)CNC(=O)C[C@@H](c1ccc(Cl)c(Cl)c1)c1cn(Cc2ccc(F)cc2)c2ccccc12. The van der Waals surface area contributed by atoms with Crippen LogP contribution in [-0.2, 0) is 11.3 Å². The maximum absolute atomic E-state index is 13.4. The minimum atomic E-state index is -0.256. The highest BCUT2D eigenvalue weighted by atomic mass is 35.5. The van der Waals surface area contributed by atoms with Crippen LogP contribution in [0.1, 0.15) is 42.9 Å². The van der Waals surface area contributed by atoms with Gasteiger partial charge in [0, 0.05) is 42.5 Å². The minimum absolute atomic E-state index is 0.0138. The molecule has 3 nitrogen and oxygen atoms in total. The predicted octanol–water partition coefficient (Wildman–Crippen LogP) is 7.43. The second-order valence-electron chi connectivity index (χ2n) is 8.98. The molecule has 1 N–H and O–H groups in total. The van der Waals surface area contributed by atoms with Crippen LogP contribution < -0.4 is 5.32 Å². The smallest absolute Gasteiger partial charge is 0.220 e. The molecule has 4 rings (SSSR count). The predicted molar refractivity (Wildman–Crippen MR) is 138 cm³/mol. The van der Waals surface area contributed by atoms with Gasteiger partial charge in [-0.1, -0.05) is 73.4 Å². The number of hydrogen-bond acceptors (Lipinski definition) is 1. The molecule has 176 valence electrons. The normalized spacial score (nSPS) is 12.3. The molecule has 1 atom stereocenters. The van der Waals surface area contributed by atoms with E-state index in [1.165, 1.54) is 12.1 Å². The third-order valence-corrected chi connectivity index (χ3v) is 6.64. The fourth-order valence-corrected chi connectivity index (χ4v) is 4.49. The van der Waals surface area contributed by atoms with E-state index in [9.17, 15) is 9.18 Å². The van der Waals surface area contributed by atoms with E-state index in [0.717, 1.165) is 27.6 Å². The van der Waals surface area contributed by atoms with Gasteiger partial charge in [-0.3, -0.25) is 4.79 Å². The van der Waals surface area contributed by atoms with Gasteiger partial charge in [-0.15, -0.1) is 0 Å². The van der Waals surface area contributed by atoms with Crippen molar-refractivity contribution in [3.63, 3.8) is 0 Å². The highest BCUT2D eigenvalue weighted by Gasteiger charge is 2.23. The molecule has 0 saturated carbocycles. The Bertz CT molecular complexity index is 1300. The Balaban J connectivity index is 1.77. The monoisotopic (exact) mass is 496 g/mol. The highest BCUT2D eigenvalue weighted by Crippen LogP contribution is 2.37. The van der Waals surface area contributed by atoms with E-state index in [2.05, 4.69) is 42.1 Å². The fraction of sp³-hybridized carbons (Fsp3) is 0.250. The van der Waals surface area contributed by atoms with Crippen LogP contribution in [0.25, 0.3) is 10.9 Å². The first kappa shape index (κ1) is 24.3. The molecule has 0 unspecified atom stereocenters. The number of aromatic nitrogens is 1. The number of para-hydroxylation sites is 1. The van der Waals surface area contributed by atoms with Crippen molar-refractivity contribution in [2.75, 3.05) is 6.54 Å². The van der Waals surface area contributed by atoms with Gasteiger partial charge in [0.05, 0.1) is 10.0 Å². The number of carbonyl (C=O) groups excluding carboxylic acids is 1. The third-order valence-electron chi connectivity index (χ3n) is 5.90. The average molecular weight is 497 g/mol. The summed E-state index contributed by atoms with van der Waals surface area (Å²) in [6.45, 7) is 5.35. The maximum atomic E-state index is 13.4. The largest absolute Gasteiger partial charge is 0.356 e. The molecule has 4 aromatic rings. The van der Waals surface area contributed by atoms with Crippen LogP contribution in [0.2, 0.25) is 10.0 Å². The van der Waals surface area contributed by atoms with Gasteiger partial charge in [0.25, 0.3) is 0 Å². The van der Waals surface area contributed by atoms with E-state index < -0.39 is 0 Å². The summed E-state index contributed by atoms with van der Waals surface area (Å²) in [5.74, 6) is -0.111. The summed E-state index contributed by atoms with van der Waals surface area (Å²) in [4.78, 5) is 12.9. The molecule has 0 saturated heterocycles. The molecule has 0 radical (unpaired) electrons. The zero-order valence-electron chi connectivity index (χ0n) is 19.2. The first-order valence-electron chi connectivity index (χ1n) is 11.4. The van der Waals surface area contributed by atoms with Crippen LogP contribution in [0, 0.1) is 11.7 Å². The number of carbonyl (C=O) groups is 1. The van der Waals surface area contributed by atoms with Crippen LogP contribution in [0.4, 0.5) is 4.39 Å². The molecule has 6 heteroatoms. The summed E-state index contributed by atoms with van der Waals surface area (Å²) < 4.78 is 15.6.